The zero-order valence-electron chi connectivity index (χ0n) is 11.5. The minimum atomic E-state index is 0.535. The first-order valence-corrected chi connectivity index (χ1v) is 6.98. The summed E-state index contributed by atoms with van der Waals surface area (Å²) in [6, 6.07) is 9.41. The fraction of sp³-hybridized carbons (Fsp3) is 0.600. The Hall–Kier alpha value is -1.06. The Labute approximate surface area is 110 Å². The van der Waals surface area contributed by atoms with Crippen molar-refractivity contribution in [2.45, 2.75) is 32.9 Å². The van der Waals surface area contributed by atoms with Crippen molar-refractivity contribution in [1.29, 1.82) is 0 Å². The molecule has 0 amide bonds. The lowest BCUT2D eigenvalue weighted by atomic mass is 10.1. The molecule has 1 aliphatic heterocycles. The second-order valence-electron chi connectivity index (χ2n) is 4.78. The van der Waals surface area contributed by atoms with E-state index in [9.17, 15) is 0 Å². The van der Waals surface area contributed by atoms with Gasteiger partial charge in [0.2, 0.25) is 0 Å². The molecular weight excluding hydrogens is 224 g/mol. The molecule has 0 radical (unpaired) electrons. The van der Waals surface area contributed by atoms with E-state index in [-0.39, 0.29) is 0 Å². The second-order valence-corrected chi connectivity index (χ2v) is 4.78. The molecule has 1 saturated heterocycles. The van der Waals surface area contributed by atoms with Crippen LogP contribution >= 0.6 is 0 Å². The summed E-state index contributed by atoms with van der Waals surface area (Å²) in [6.45, 7) is 9.21. The lowest BCUT2D eigenvalue weighted by Crippen LogP contribution is -2.28. The SMILES string of the molecule is CCN(CC)c1ccc(CNC2CCOC2)cc1. The van der Waals surface area contributed by atoms with Gasteiger partial charge in [-0.2, -0.15) is 0 Å². The summed E-state index contributed by atoms with van der Waals surface area (Å²) in [4.78, 5) is 2.36. The molecule has 1 heterocycles. The predicted octanol–water partition coefficient (Wildman–Crippen LogP) is 2.41. The lowest BCUT2D eigenvalue weighted by molar-refractivity contribution is 0.190. The highest BCUT2D eigenvalue weighted by molar-refractivity contribution is 5.47. The third-order valence-electron chi connectivity index (χ3n) is 3.59. The van der Waals surface area contributed by atoms with Crippen LogP contribution in [0.1, 0.15) is 25.8 Å². The fourth-order valence-electron chi connectivity index (χ4n) is 2.37. The quantitative estimate of drug-likeness (QED) is 0.836. The van der Waals surface area contributed by atoms with Gasteiger partial charge in [-0.1, -0.05) is 12.1 Å². The van der Waals surface area contributed by atoms with Crippen molar-refractivity contribution in [1.82, 2.24) is 5.32 Å². The molecule has 0 saturated carbocycles. The van der Waals surface area contributed by atoms with Crippen LogP contribution in [0.4, 0.5) is 5.69 Å². The van der Waals surface area contributed by atoms with Gasteiger partial charge in [0.05, 0.1) is 6.61 Å². The number of ether oxygens (including phenoxy) is 1. The summed E-state index contributed by atoms with van der Waals surface area (Å²) in [7, 11) is 0. The van der Waals surface area contributed by atoms with Crippen LogP contribution in [-0.4, -0.2) is 32.3 Å². The number of benzene rings is 1. The predicted molar refractivity (Wildman–Crippen MR) is 76.1 cm³/mol. The van der Waals surface area contributed by atoms with Gasteiger partial charge in [-0.3, -0.25) is 0 Å². The van der Waals surface area contributed by atoms with E-state index in [4.69, 9.17) is 4.74 Å². The first-order chi connectivity index (χ1) is 8.83. The van der Waals surface area contributed by atoms with Gasteiger partial charge in [-0.05, 0) is 38.0 Å². The number of anilines is 1. The molecule has 1 aromatic rings. The number of nitrogens with one attached hydrogen (secondary N) is 1. The van der Waals surface area contributed by atoms with Crippen LogP contribution in [0.25, 0.3) is 0 Å². The highest BCUT2D eigenvalue weighted by atomic mass is 16.5. The molecule has 1 atom stereocenters. The molecule has 0 aromatic heterocycles. The smallest absolute Gasteiger partial charge is 0.0620 e. The van der Waals surface area contributed by atoms with E-state index in [0.29, 0.717) is 6.04 Å². The van der Waals surface area contributed by atoms with Crippen molar-refractivity contribution < 1.29 is 4.74 Å². The standard InChI is InChI=1S/C15H24N2O/c1-3-17(4-2)15-7-5-13(6-8-15)11-16-14-9-10-18-12-14/h5-8,14,16H,3-4,9-12H2,1-2H3. The second kappa shape index (κ2) is 6.76. The van der Waals surface area contributed by atoms with E-state index in [1.165, 1.54) is 11.3 Å². The van der Waals surface area contributed by atoms with Crippen LogP contribution < -0.4 is 10.2 Å². The van der Waals surface area contributed by atoms with Crippen molar-refractivity contribution >= 4 is 5.69 Å². The van der Waals surface area contributed by atoms with Crippen LogP contribution in [0.5, 0.6) is 0 Å². The van der Waals surface area contributed by atoms with Gasteiger partial charge in [0.1, 0.15) is 0 Å². The first-order valence-electron chi connectivity index (χ1n) is 6.98. The number of rotatable bonds is 6. The Balaban J connectivity index is 1.86. The molecule has 1 unspecified atom stereocenters. The summed E-state index contributed by atoms with van der Waals surface area (Å²) in [5, 5.41) is 3.54. The summed E-state index contributed by atoms with van der Waals surface area (Å²) in [5.41, 5.74) is 2.66. The molecular formula is C15H24N2O. The zero-order chi connectivity index (χ0) is 12.8. The third kappa shape index (κ3) is 3.47. The molecule has 1 fully saturated rings. The van der Waals surface area contributed by atoms with Gasteiger partial charge in [-0.25, -0.2) is 0 Å². The Bertz CT molecular complexity index is 340. The molecule has 3 heteroatoms. The summed E-state index contributed by atoms with van der Waals surface area (Å²) < 4.78 is 5.36. The topological polar surface area (TPSA) is 24.5 Å². The van der Waals surface area contributed by atoms with Crippen LogP contribution in [0.15, 0.2) is 24.3 Å². The third-order valence-corrected chi connectivity index (χ3v) is 3.59. The molecule has 2 rings (SSSR count). The van der Waals surface area contributed by atoms with Crippen LogP contribution in [0.2, 0.25) is 0 Å². The van der Waals surface area contributed by atoms with E-state index in [1.54, 1.807) is 0 Å². The van der Waals surface area contributed by atoms with Crippen LogP contribution in [-0.2, 0) is 11.3 Å². The average Bonchev–Trinajstić information content (AvgIpc) is 2.92. The molecule has 18 heavy (non-hydrogen) atoms. The maximum atomic E-state index is 5.36. The molecule has 3 nitrogen and oxygen atoms in total. The summed E-state index contributed by atoms with van der Waals surface area (Å²) >= 11 is 0. The molecule has 0 bridgehead atoms. The van der Waals surface area contributed by atoms with Crippen molar-refractivity contribution in [2.24, 2.45) is 0 Å². The molecule has 1 N–H and O–H groups in total. The number of nitrogens with zero attached hydrogens (tertiary/aromatic N) is 1. The number of hydrogen-bond acceptors (Lipinski definition) is 3. The molecule has 0 spiro atoms. The monoisotopic (exact) mass is 248 g/mol. The van der Waals surface area contributed by atoms with Crippen molar-refractivity contribution in [3.8, 4) is 0 Å². The van der Waals surface area contributed by atoms with Crippen LogP contribution in [0, 0.1) is 0 Å². The highest BCUT2D eigenvalue weighted by Crippen LogP contribution is 2.15. The lowest BCUT2D eigenvalue weighted by Gasteiger charge is -2.21. The Kier molecular flexibility index (Phi) is 5.02. The van der Waals surface area contributed by atoms with Crippen LogP contribution in [0.3, 0.4) is 0 Å². The maximum Gasteiger partial charge on any atom is 0.0620 e. The summed E-state index contributed by atoms with van der Waals surface area (Å²) in [5.74, 6) is 0. The fourth-order valence-corrected chi connectivity index (χ4v) is 2.37. The van der Waals surface area contributed by atoms with Gasteiger partial charge in [0, 0.05) is 38.0 Å². The average molecular weight is 248 g/mol. The van der Waals surface area contributed by atoms with Gasteiger partial charge < -0.3 is 15.0 Å². The zero-order valence-corrected chi connectivity index (χ0v) is 11.5. The molecule has 100 valence electrons. The van der Waals surface area contributed by atoms with E-state index >= 15 is 0 Å². The van der Waals surface area contributed by atoms with Gasteiger partial charge in [0.25, 0.3) is 0 Å². The van der Waals surface area contributed by atoms with Crippen molar-refractivity contribution in [3.05, 3.63) is 29.8 Å². The van der Waals surface area contributed by atoms with Crippen molar-refractivity contribution in [3.63, 3.8) is 0 Å². The summed E-state index contributed by atoms with van der Waals surface area (Å²) in [6.07, 6.45) is 1.14. The van der Waals surface area contributed by atoms with Crippen molar-refractivity contribution in [2.75, 3.05) is 31.2 Å². The maximum absolute atomic E-state index is 5.36. The Morgan fingerprint density at radius 2 is 1.94 bits per heavy atom. The van der Waals surface area contributed by atoms with Gasteiger partial charge in [-0.15, -0.1) is 0 Å². The van der Waals surface area contributed by atoms with Gasteiger partial charge in [0.15, 0.2) is 0 Å². The minimum absolute atomic E-state index is 0.535. The van der Waals surface area contributed by atoms with Gasteiger partial charge >= 0.3 is 0 Å². The largest absolute Gasteiger partial charge is 0.380 e. The van der Waals surface area contributed by atoms with E-state index < -0.39 is 0 Å². The normalized spacial score (nSPS) is 19.1. The highest BCUT2D eigenvalue weighted by Gasteiger charge is 2.14. The minimum Gasteiger partial charge on any atom is -0.380 e. The number of hydrogen-bond donors (Lipinski definition) is 1. The Morgan fingerprint density at radius 1 is 1.22 bits per heavy atom. The molecule has 1 aliphatic rings. The molecule has 1 aromatic carbocycles. The first kappa shape index (κ1) is 13.4. The molecule has 0 aliphatic carbocycles. The van der Waals surface area contributed by atoms with E-state index in [1.807, 2.05) is 0 Å². The van der Waals surface area contributed by atoms with E-state index in [0.717, 1.165) is 39.3 Å². The van der Waals surface area contributed by atoms with E-state index in [2.05, 4.69) is 48.3 Å². The Morgan fingerprint density at radius 3 is 2.50 bits per heavy atom.